The fourth-order valence-electron chi connectivity index (χ4n) is 2.83. The first-order valence-electron chi connectivity index (χ1n) is 7.59. The maximum absolute atomic E-state index is 12.6. The molecular formula is C15H25N5O2. The van der Waals surface area contributed by atoms with Gasteiger partial charge in [0.2, 0.25) is 11.8 Å². The van der Waals surface area contributed by atoms with E-state index in [4.69, 9.17) is 0 Å². The van der Waals surface area contributed by atoms with Crippen LogP contribution in [0.15, 0.2) is 6.07 Å². The monoisotopic (exact) mass is 307 g/mol. The zero-order valence-electron chi connectivity index (χ0n) is 13.8. The Labute approximate surface area is 131 Å². The third kappa shape index (κ3) is 3.85. The van der Waals surface area contributed by atoms with Gasteiger partial charge in [-0.15, -0.1) is 0 Å². The lowest BCUT2D eigenvalue weighted by Gasteiger charge is -2.23. The number of aryl methyl sites for hydroxylation is 2. The third-order valence-electron chi connectivity index (χ3n) is 4.08. The zero-order valence-corrected chi connectivity index (χ0v) is 13.8. The normalized spacial score (nSPS) is 19.8. The maximum Gasteiger partial charge on any atom is 0.244 e. The molecule has 0 spiro atoms. The number of carbonyl (C=O) groups is 2. The van der Waals surface area contributed by atoms with Crippen LogP contribution in [0.4, 0.5) is 0 Å². The van der Waals surface area contributed by atoms with Crippen LogP contribution in [0, 0.1) is 19.8 Å². The summed E-state index contributed by atoms with van der Waals surface area (Å²) in [5, 5.41) is 7.02. The van der Waals surface area contributed by atoms with Gasteiger partial charge in [-0.2, -0.15) is 5.10 Å². The van der Waals surface area contributed by atoms with Crippen LogP contribution in [-0.2, 0) is 16.1 Å². The van der Waals surface area contributed by atoms with Crippen molar-refractivity contribution in [2.24, 2.45) is 5.92 Å². The van der Waals surface area contributed by atoms with Gasteiger partial charge >= 0.3 is 0 Å². The number of aromatic nitrogens is 2. The first-order valence-corrected chi connectivity index (χ1v) is 7.59. The van der Waals surface area contributed by atoms with Crippen LogP contribution in [0.2, 0.25) is 0 Å². The average Bonchev–Trinajstić information content (AvgIpc) is 2.67. The summed E-state index contributed by atoms with van der Waals surface area (Å²) in [5.74, 6) is -0.199. The van der Waals surface area contributed by atoms with Gasteiger partial charge in [0.1, 0.15) is 6.54 Å². The Morgan fingerprint density at radius 1 is 1.32 bits per heavy atom. The van der Waals surface area contributed by atoms with Gasteiger partial charge in [0.05, 0.1) is 11.6 Å². The molecule has 0 bridgehead atoms. The minimum atomic E-state index is -0.193. The van der Waals surface area contributed by atoms with Crippen LogP contribution in [0.25, 0.3) is 0 Å². The Bertz CT molecular complexity index is 554. The maximum atomic E-state index is 12.6. The van der Waals surface area contributed by atoms with Crippen molar-refractivity contribution in [3.05, 3.63) is 17.5 Å². The number of nitrogens with one attached hydrogen (secondary N) is 1. The van der Waals surface area contributed by atoms with Gasteiger partial charge in [0.25, 0.3) is 0 Å². The highest BCUT2D eigenvalue weighted by Gasteiger charge is 2.28. The highest BCUT2D eigenvalue weighted by atomic mass is 16.2. The molecule has 22 heavy (non-hydrogen) atoms. The fraction of sp³-hybridized carbons (Fsp3) is 0.667. The summed E-state index contributed by atoms with van der Waals surface area (Å²) >= 11 is 0. The molecule has 1 aliphatic heterocycles. The van der Waals surface area contributed by atoms with Crippen molar-refractivity contribution in [1.82, 2.24) is 24.9 Å². The highest BCUT2D eigenvalue weighted by Crippen LogP contribution is 2.10. The molecule has 2 rings (SSSR count). The molecule has 0 radical (unpaired) electrons. The quantitative estimate of drug-likeness (QED) is 0.828. The average molecular weight is 307 g/mol. The molecular weight excluding hydrogens is 282 g/mol. The Morgan fingerprint density at radius 3 is 2.64 bits per heavy atom. The summed E-state index contributed by atoms with van der Waals surface area (Å²) in [5.41, 5.74) is 1.88. The summed E-state index contributed by atoms with van der Waals surface area (Å²) in [6.07, 6.45) is 0. The summed E-state index contributed by atoms with van der Waals surface area (Å²) in [4.78, 5) is 28.4. The van der Waals surface area contributed by atoms with Gasteiger partial charge in [0.15, 0.2) is 0 Å². The lowest BCUT2D eigenvalue weighted by molar-refractivity contribution is -0.133. The van der Waals surface area contributed by atoms with Crippen LogP contribution < -0.4 is 5.32 Å². The second-order valence-corrected chi connectivity index (χ2v) is 6.00. The standard InChI is InChI=1S/C15H25N5O2/c1-11-7-12(2)20(17-11)10-14(21)19-6-5-18(4)8-13(9-19)15(22)16-3/h7,13H,5-6,8-10H2,1-4H3,(H,16,22). The molecule has 1 aromatic heterocycles. The Hall–Kier alpha value is -1.89. The van der Waals surface area contributed by atoms with Crippen LogP contribution in [-0.4, -0.2) is 71.7 Å². The van der Waals surface area contributed by atoms with E-state index in [1.54, 1.807) is 16.6 Å². The Morgan fingerprint density at radius 2 is 2.05 bits per heavy atom. The molecule has 1 saturated heterocycles. The fourth-order valence-corrected chi connectivity index (χ4v) is 2.83. The summed E-state index contributed by atoms with van der Waals surface area (Å²) in [7, 11) is 3.61. The molecule has 1 unspecified atom stereocenters. The van der Waals surface area contributed by atoms with E-state index in [1.807, 2.05) is 27.0 Å². The van der Waals surface area contributed by atoms with Crippen molar-refractivity contribution < 1.29 is 9.59 Å². The number of nitrogens with zero attached hydrogens (tertiary/aromatic N) is 4. The predicted molar refractivity (Wildman–Crippen MR) is 83.3 cm³/mol. The zero-order chi connectivity index (χ0) is 16.3. The first-order chi connectivity index (χ1) is 10.4. The summed E-state index contributed by atoms with van der Waals surface area (Å²) in [6.45, 7) is 6.63. The van der Waals surface area contributed by atoms with Crippen molar-refractivity contribution >= 4 is 11.8 Å². The second-order valence-electron chi connectivity index (χ2n) is 6.00. The molecule has 7 nitrogen and oxygen atoms in total. The van der Waals surface area contributed by atoms with Crippen molar-refractivity contribution in [2.45, 2.75) is 20.4 Å². The molecule has 1 N–H and O–H groups in total. The van der Waals surface area contributed by atoms with Crippen molar-refractivity contribution in [1.29, 1.82) is 0 Å². The SMILES string of the molecule is CNC(=O)C1CN(C)CCN(C(=O)Cn2nc(C)cc2C)C1. The molecule has 2 heterocycles. The topological polar surface area (TPSA) is 70.5 Å². The molecule has 122 valence electrons. The minimum absolute atomic E-state index is 0.00963. The molecule has 0 saturated carbocycles. The number of hydrogen-bond acceptors (Lipinski definition) is 4. The van der Waals surface area contributed by atoms with Crippen molar-refractivity contribution in [2.75, 3.05) is 40.3 Å². The minimum Gasteiger partial charge on any atom is -0.359 e. The summed E-state index contributed by atoms with van der Waals surface area (Å²) < 4.78 is 1.72. The summed E-state index contributed by atoms with van der Waals surface area (Å²) in [6, 6.07) is 1.96. The van der Waals surface area contributed by atoms with Crippen LogP contribution in [0.3, 0.4) is 0 Å². The largest absolute Gasteiger partial charge is 0.359 e. The molecule has 1 aliphatic rings. The van der Waals surface area contributed by atoms with Gasteiger partial charge < -0.3 is 15.1 Å². The van der Waals surface area contributed by atoms with Crippen LogP contribution in [0.1, 0.15) is 11.4 Å². The third-order valence-corrected chi connectivity index (χ3v) is 4.08. The number of rotatable bonds is 3. The van der Waals surface area contributed by atoms with Gasteiger partial charge in [-0.1, -0.05) is 0 Å². The molecule has 1 fully saturated rings. The van der Waals surface area contributed by atoms with E-state index in [0.29, 0.717) is 19.6 Å². The van der Waals surface area contributed by atoms with Crippen molar-refractivity contribution in [3.63, 3.8) is 0 Å². The van der Waals surface area contributed by atoms with Gasteiger partial charge in [-0.05, 0) is 27.0 Å². The number of amides is 2. The van der Waals surface area contributed by atoms with E-state index in [2.05, 4.69) is 15.3 Å². The molecule has 7 heteroatoms. The lowest BCUT2D eigenvalue weighted by Crippen LogP contribution is -2.42. The lowest BCUT2D eigenvalue weighted by atomic mass is 10.1. The van der Waals surface area contributed by atoms with Gasteiger partial charge in [0, 0.05) is 38.9 Å². The van der Waals surface area contributed by atoms with Crippen LogP contribution in [0.5, 0.6) is 0 Å². The van der Waals surface area contributed by atoms with E-state index in [9.17, 15) is 9.59 Å². The molecule has 0 aliphatic carbocycles. The number of likely N-dealkylation sites (N-methyl/N-ethyl adjacent to an activating group) is 1. The highest BCUT2D eigenvalue weighted by molar-refractivity contribution is 5.81. The van der Waals surface area contributed by atoms with E-state index in [0.717, 1.165) is 17.9 Å². The van der Waals surface area contributed by atoms with Gasteiger partial charge in [-0.3, -0.25) is 14.3 Å². The van der Waals surface area contributed by atoms with E-state index in [-0.39, 0.29) is 24.3 Å². The van der Waals surface area contributed by atoms with E-state index in [1.165, 1.54) is 0 Å². The second kappa shape index (κ2) is 6.91. The van der Waals surface area contributed by atoms with E-state index >= 15 is 0 Å². The molecule has 1 aromatic rings. The number of hydrogen-bond donors (Lipinski definition) is 1. The van der Waals surface area contributed by atoms with Gasteiger partial charge in [-0.25, -0.2) is 0 Å². The Kier molecular flexibility index (Phi) is 5.18. The smallest absolute Gasteiger partial charge is 0.244 e. The van der Waals surface area contributed by atoms with E-state index < -0.39 is 0 Å². The Balaban J connectivity index is 2.07. The first kappa shape index (κ1) is 16.5. The molecule has 2 amide bonds. The predicted octanol–water partition coefficient (Wildman–Crippen LogP) is -0.364. The molecule has 0 aromatic carbocycles. The van der Waals surface area contributed by atoms with Crippen LogP contribution >= 0.6 is 0 Å². The van der Waals surface area contributed by atoms with Crippen molar-refractivity contribution in [3.8, 4) is 0 Å². The number of carbonyl (C=O) groups excluding carboxylic acids is 2. The molecule has 1 atom stereocenters.